The molecule has 76 valence electrons. The molecule has 0 unspecified atom stereocenters. The average Bonchev–Trinajstić information content (AvgIpc) is 2.18. The van der Waals surface area contributed by atoms with Gasteiger partial charge in [0.25, 0.3) is 0 Å². The van der Waals surface area contributed by atoms with Crippen molar-refractivity contribution in [3.8, 4) is 5.75 Å². The lowest BCUT2D eigenvalue weighted by molar-refractivity contribution is 0.253. The minimum Gasteiger partial charge on any atom is -0.493 e. The summed E-state index contributed by atoms with van der Waals surface area (Å²) in [5, 5.41) is 3.36. The van der Waals surface area contributed by atoms with Crippen molar-refractivity contribution in [2.75, 3.05) is 13.2 Å². The highest BCUT2D eigenvalue weighted by Gasteiger charge is 2.20. The number of halogens is 1. The van der Waals surface area contributed by atoms with Gasteiger partial charge in [-0.25, -0.2) is 4.39 Å². The maximum atomic E-state index is 12.9. The predicted octanol–water partition coefficient (Wildman–Crippen LogP) is 2.26. The van der Waals surface area contributed by atoms with Crippen LogP contribution in [0.15, 0.2) is 18.2 Å². The van der Waals surface area contributed by atoms with Gasteiger partial charge in [0.15, 0.2) is 0 Å². The topological polar surface area (TPSA) is 21.3 Å². The fourth-order valence-electron chi connectivity index (χ4n) is 1.82. The molecule has 1 aliphatic heterocycles. The maximum absolute atomic E-state index is 12.9. The van der Waals surface area contributed by atoms with Gasteiger partial charge in [-0.1, -0.05) is 13.0 Å². The van der Waals surface area contributed by atoms with E-state index in [1.54, 1.807) is 6.07 Å². The van der Waals surface area contributed by atoms with Crippen LogP contribution in [0.3, 0.4) is 0 Å². The molecule has 0 fully saturated rings. The Balaban J connectivity index is 2.30. The Kier molecular flexibility index (Phi) is 2.68. The second kappa shape index (κ2) is 3.96. The summed E-state index contributed by atoms with van der Waals surface area (Å²) >= 11 is 0. The molecule has 0 aromatic heterocycles. The van der Waals surface area contributed by atoms with Crippen molar-refractivity contribution >= 4 is 0 Å². The molecule has 3 heteroatoms. The molecule has 0 saturated carbocycles. The van der Waals surface area contributed by atoms with Gasteiger partial charge in [-0.05, 0) is 12.6 Å². The summed E-state index contributed by atoms with van der Waals surface area (Å²) in [6.07, 6.45) is 0.951. The molecule has 1 atom stereocenters. The SMILES string of the molecule is CCN[C@H]1CCOc2cc(F)ccc21. The molecule has 2 nitrogen and oxygen atoms in total. The number of rotatable bonds is 2. The van der Waals surface area contributed by atoms with E-state index in [9.17, 15) is 4.39 Å². The molecule has 0 amide bonds. The lowest BCUT2D eigenvalue weighted by Crippen LogP contribution is -2.26. The Morgan fingerprint density at radius 3 is 3.21 bits per heavy atom. The molecule has 1 N–H and O–H groups in total. The molecule has 14 heavy (non-hydrogen) atoms. The number of ether oxygens (including phenoxy) is 1. The Hall–Kier alpha value is -1.09. The van der Waals surface area contributed by atoms with Crippen LogP contribution in [0.2, 0.25) is 0 Å². The largest absolute Gasteiger partial charge is 0.493 e. The van der Waals surface area contributed by atoms with E-state index in [0.29, 0.717) is 18.4 Å². The van der Waals surface area contributed by atoms with Crippen LogP contribution in [0.1, 0.15) is 24.9 Å². The summed E-state index contributed by atoms with van der Waals surface area (Å²) in [6, 6.07) is 5.05. The van der Waals surface area contributed by atoms with Crippen molar-refractivity contribution in [2.45, 2.75) is 19.4 Å². The van der Waals surface area contributed by atoms with Crippen molar-refractivity contribution in [2.24, 2.45) is 0 Å². The first-order chi connectivity index (χ1) is 6.81. The van der Waals surface area contributed by atoms with Crippen LogP contribution in [0, 0.1) is 5.82 Å². The fraction of sp³-hybridized carbons (Fsp3) is 0.455. The summed E-state index contributed by atoms with van der Waals surface area (Å²) < 4.78 is 18.3. The molecule has 1 aliphatic rings. The smallest absolute Gasteiger partial charge is 0.126 e. The van der Waals surface area contributed by atoms with Gasteiger partial charge in [-0.3, -0.25) is 0 Å². The van der Waals surface area contributed by atoms with Crippen LogP contribution in [0.4, 0.5) is 4.39 Å². The summed E-state index contributed by atoms with van der Waals surface area (Å²) in [5.74, 6) is 0.447. The molecule has 2 rings (SSSR count). The number of nitrogens with one attached hydrogen (secondary N) is 1. The molecule has 0 radical (unpaired) electrons. The van der Waals surface area contributed by atoms with Gasteiger partial charge >= 0.3 is 0 Å². The highest BCUT2D eigenvalue weighted by atomic mass is 19.1. The summed E-state index contributed by atoms with van der Waals surface area (Å²) in [4.78, 5) is 0. The zero-order chi connectivity index (χ0) is 9.97. The Morgan fingerprint density at radius 1 is 1.57 bits per heavy atom. The van der Waals surface area contributed by atoms with E-state index in [2.05, 4.69) is 12.2 Å². The zero-order valence-electron chi connectivity index (χ0n) is 8.22. The van der Waals surface area contributed by atoms with Crippen LogP contribution in [-0.4, -0.2) is 13.2 Å². The van der Waals surface area contributed by atoms with Gasteiger partial charge in [0, 0.05) is 24.1 Å². The molecule has 0 saturated heterocycles. The van der Waals surface area contributed by atoms with Gasteiger partial charge < -0.3 is 10.1 Å². The molecule has 1 aromatic rings. The average molecular weight is 195 g/mol. The third-order valence-corrected chi connectivity index (χ3v) is 2.47. The monoisotopic (exact) mass is 195 g/mol. The van der Waals surface area contributed by atoms with Crippen LogP contribution in [-0.2, 0) is 0 Å². The molecule has 0 aliphatic carbocycles. The summed E-state index contributed by atoms with van der Waals surface area (Å²) in [5.41, 5.74) is 1.07. The van der Waals surface area contributed by atoms with E-state index < -0.39 is 0 Å². The first-order valence-corrected chi connectivity index (χ1v) is 4.97. The Labute approximate surface area is 83.1 Å². The molecule has 0 spiro atoms. The van der Waals surface area contributed by atoms with Gasteiger partial charge in [-0.15, -0.1) is 0 Å². The molecular weight excluding hydrogens is 181 g/mol. The van der Waals surface area contributed by atoms with Crippen molar-refractivity contribution in [1.29, 1.82) is 0 Å². The van der Waals surface area contributed by atoms with E-state index >= 15 is 0 Å². The van der Waals surface area contributed by atoms with E-state index in [1.807, 2.05) is 0 Å². The first kappa shape index (κ1) is 9.46. The van der Waals surface area contributed by atoms with Gasteiger partial charge in [-0.2, -0.15) is 0 Å². The van der Waals surface area contributed by atoms with E-state index in [0.717, 1.165) is 18.5 Å². The molecule has 0 bridgehead atoms. The van der Waals surface area contributed by atoms with E-state index in [1.165, 1.54) is 12.1 Å². The second-order valence-corrected chi connectivity index (χ2v) is 3.43. The van der Waals surface area contributed by atoms with E-state index in [4.69, 9.17) is 4.74 Å². The zero-order valence-corrected chi connectivity index (χ0v) is 8.22. The maximum Gasteiger partial charge on any atom is 0.126 e. The normalized spacial score (nSPS) is 20.0. The number of benzene rings is 1. The van der Waals surface area contributed by atoms with Crippen molar-refractivity contribution in [1.82, 2.24) is 5.32 Å². The second-order valence-electron chi connectivity index (χ2n) is 3.43. The Morgan fingerprint density at radius 2 is 2.43 bits per heavy atom. The molecule has 1 heterocycles. The highest BCUT2D eigenvalue weighted by molar-refractivity contribution is 5.37. The predicted molar refractivity (Wildman–Crippen MR) is 52.9 cm³/mol. The van der Waals surface area contributed by atoms with Gasteiger partial charge in [0.05, 0.1) is 6.61 Å². The number of hydrogen-bond donors (Lipinski definition) is 1. The highest BCUT2D eigenvalue weighted by Crippen LogP contribution is 2.32. The van der Waals surface area contributed by atoms with Crippen LogP contribution < -0.4 is 10.1 Å². The summed E-state index contributed by atoms with van der Waals surface area (Å²) in [6.45, 7) is 3.65. The third-order valence-electron chi connectivity index (χ3n) is 2.47. The Bertz CT molecular complexity index is 327. The van der Waals surface area contributed by atoms with Gasteiger partial charge in [0.1, 0.15) is 11.6 Å². The molecular formula is C11H14FNO. The lowest BCUT2D eigenvalue weighted by Gasteiger charge is -2.26. The fourth-order valence-corrected chi connectivity index (χ4v) is 1.82. The minimum atomic E-state index is -0.235. The minimum absolute atomic E-state index is 0.235. The van der Waals surface area contributed by atoms with Crippen LogP contribution >= 0.6 is 0 Å². The third kappa shape index (κ3) is 1.73. The molecule has 1 aromatic carbocycles. The quantitative estimate of drug-likeness (QED) is 0.781. The van der Waals surface area contributed by atoms with Gasteiger partial charge in [0.2, 0.25) is 0 Å². The van der Waals surface area contributed by atoms with Crippen LogP contribution in [0.5, 0.6) is 5.75 Å². The lowest BCUT2D eigenvalue weighted by atomic mass is 10.0. The summed E-state index contributed by atoms with van der Waals surface area (Å²) in [7, 11) is 0. The van der Waals surface area contributed by atoms with Crippen LogP contribution in [0.25, 0.3) is 0 Å². The standard InChI is InChI=1S/C11H14FNO/c1-2-13-10-5-6-14-11-7-8(12)3-4-9(10)11/h3-4,7,10,13H,2,5-6H2,1H3/t10-/m0/s1. The number of fused-ring (bicyclic) bond motifs is 1. The van der Waals surface area contributed by atoms with Crippen molar-refractivity contribution in [3.05, 3.63) is 29.6 Å². The van der Waals surface area contributed by atoms with Crippen molar-refractivity contribution in [3.63, 3.8) is 0 Å². The van der Waals surface area contributed by atoms with E-state index in [-0.39, 0.29) is 5.82 Å². The number of hydrogen-bond acceptors (Lipinski definition) is 2. The van der Waals surface area contributed by atoms with Crippen molar-refractivity contribution < 1.29 is 9.13 Å². The first-order valence-electron chi connectivity index (χ1n) is 4.97.